The van der Waals surface area contributed by atoms with Crippen LogP contribution in [0, 0.1) is 6.92 Å². The molecule has 0 bridgehead atoms. The van der Waals surface area contributed by atoms with E-state index in [1.807, 2.05) is 6.92 Å². The fourth-order valence-corrected chi connectivity index (χ4v) is 2.43. The van der Waals surface area contributed by atoms with Gasteiger partial charge in [0.05, 0.1) is 22.0 Å². The summed E-state index contributed by atoms with van der Waals surface area (Å²) in [6, 6.07) is 0. The van der Waals surface area contributed by atoms with Gasteiger partial charge in [-0.25, -0.2) is 4.98 Å². The van der Waals surface area contributed by atoms with E-state index in [-0.39, 0.29) is 5.60 Å². The molecule has 2 rings (SSSR count). The van der Waals surface area contributed by atoms with Gasteiger partial charge in [0.2, 0.25) is 0 Å². The highest BCUT2D eigenvalue weighted by atomic mass is 79.9. The average Bonchev–Trinajstić information content (AvgIpc) is 2.73. The summed E-state index contributed by atoms with van der Waals surface area (Å²) in [5.41, 5.74) is 7.43. The van der Waals surface area contributed by atoms with Crippen molar-refractivity contribution in [3.63, 3.8) is 0 Å². The third-order valence-electron chi connectivity index (χ3n) is 3.23. The van der Waals surface area contributed by atoms with Gasteiger partial charge >= 0.3 is 0 Å². The first-order valence-electron chi connectivity index (χ1n) is 5.80. The van der Waals surface area contributed by atoms with Crippen molar-refractivity contribution in [2.24, 2.45) is 0 Å². The van der Waals surface area contributed by atoms with Crippen LogP contribution in [0.2, 0.25) is 0 Å². The number of aromatic nitrogens is 1. The monoisotopic (exact) mass is 299 g/mol. The fraction of sp³-hybridized carbons (Fsp3) is 0.583. The summed E-state index contributed by atoms with van der Waals surface area (Å²) in [6.45, 7) is 5.72. The summed E-state index contributed by atoms with van der Waals surface area (Å²) in [4.78, 5) is 4.29. The Bertz CT molecular complexity index is 416. The van der Waals surface area contributed by atoms with Gasteiger partial charge in [-0.1, -0.05) is 0 Å². The minimum atomic E-state index is -0.0730. The molecule has 0 aromatic carbocycles. The van der Waals surface area contributed by atoms with Gasteiger partial charge in [-0.2, -0.15) is 0 Å². The number of hydrogen-bond donors (Lipinski definition) is 2. The molecule has 0 aliphatic carbocycles. The Balaban J connectivity index is 2.06. The van der Waals surface area contributed by atoms with E-state index in [1.165, 1.54) is 0 Å². The first kappa shape index (κ1) is 12.6. The molecule has 1 aromatic rings. The predicted molar refractivity (Wildman–Crippen MR) is 73.2 cm³/mol. The molecular formula is C12H18BrN3O. The zero-order chi connectivity index (χ0) is 12.5. The Morgan fingerprint density at radius 2 is 2.41 bits per heavy atom. The summed E-state index contributed by atoms with van der Waals surface area (Å²) in [5.74, 6) is 0.827. The largest absolute Gasteiger partial charge is 0.397 e. The lowest BCUT2D eigenvalue weighted by Crippen LogP contribution is -2.32. The van der Waals surface area contributed by atoms with E-state index in [9.17, 15) is 0 Å². The van der Waals surface area contributed by atoms with E-state index in [2.05, 4.69) is 33.2 Å². The number of pyridine rings is 1. The fourth-order valence-electron chi connectivity index (χ4n) is 1.96. The first-order valence-corrected chi connectivity index (χ1v) is 6.59. The highest BCUT2D eigenvalue weighted by molar-refractivity contribution is 9.10. The van der Waals surface area contributed by atoms with Gasteiger partial charge < -0.3 is 15.8 Å². The van der Waals surface area contributed by atoms with Crippen LogP contribution in [0.5, 0.6) is 0 Å². The molecule has 17 heavy (non-hydrogen) atoms. The molecule has 0 spiro atoms. The van der Waals surface area contributed by atoms with E-state index in [4.69, 9.17) is 10.5 Å². The highest BCUT2D eigenvalue weighted by Crippen LogP contribution is 2.30. The number of nitrogens with two attached hydrogens (primary N) is 1. The maximum atomic E-state index is 5.79. The molecule has 1 fully saturated rings. The number of hydrogen-bond acceptors (Lipinski definition) is 4. The number of halogens is 1. The standard InChI is InChI=1S/C12H18BrN3O/c1-8-9(14)6-15-11(10(8)13)16-7-12(2)4-3-5-17-12/h6H,3-5,7,14H2,1-2H3,(H,15,16). The summed E-state index contributed by atoms with van der Waals surface area (Å²) in [7, 11) is 0. The van der Waals surface area contributed by atoms with Crippen molar-refractivity contribution in [3.05, 3.63) is 16.2 Å². The predicted octanol–water partition coefficient (Wildman–Crippen LogP) is 2.72. The molecule has 1 aliphatic rings. The number of nitrogen functional groups attached to an aromatic ring is 1. The number of rotatable bonds is 3. The number of ether oxygens (including phenoxy) is 1. The minimum absolute atomic E-state index is 0.0730. The Labute approximate surface area is 110 Å². The second-order valence-electron chi connectivity index (χ2n) is 4.76. The molecule has 1 aliphatic heterocycles. The summed E-state index contributed by atoms with van der Waals surface area (Å²) in [6.07, 6.45) is 3.90. The number of nitrogens with one attached hydrogen (secondary N) is 1. The summed E-state index contributed by atoms with van der Waals surface area (Å²) >= 11 is 3.51. The normalized spacial score (nSPS) is 23.9. The molecule has 1 aromatic heterocycles. The van der Waals surface area contributed by atoms with Gasteiger partial charge in [0.25, 0.3) is 0 Å². The Morgan fingerprint density at radius 3 is 3.06 bits per heavy atom. The topological polar surface area (TPSA) is 60.2 Å². The molecule has 1 unspecified atom stereocenters. The zero-order valence-corrected chi connectivity index (χ0v) is 11.8. The van der Waals surface area contributed by atoms with Gasteiger partial charge in [-0.3, -0.25) is 0 Å². The van der Waals surface area contributed by atoms with E-state index >= 15 is 0 Å². The maximum Gasteiger partial charge on any atom is 0.140 e. The molecule has 0 saturated carbocycles. The van der Waals surface area contributed by atoms with Crippen LogP contribution in [-0.2, 0) is 4.74 Å². The van der Waals surface area contributed by atoms with E-state index in [0.29, 0.717) is 5.69 Å². The van der Waals surface area contributed by atoms with Gasteiger partial charge in [-0.15, -0.1) is 0 Å². The highest BCUT2D eigenvalue weighted by Gasteiger charge is 2.29. The third-order valence-corrected chi connectivity index (χ3v) is 4.20. The maximum absolute atomic E-state index is 5.79. The van der Waals surface area contributed by atoms with Crippen LogP contribution >= 0.6 is 15.9 Å². The lowest BCUT2D eigenvalue weighted by Gasteiger charge is -2.24. The van der Waals surface area contributed by atoms with Crippen LogP contribution < -0.4 is 11.1 Å². The molecule has 4 nitrogen and oxygen atoms in total. The van der Waals surface area contributed by atoms with Crippen LogP contribution in [0.3, 0.4) is 0 Å². The summed E-state index contributed by atoms with van der Waals surface area (Å²) in [5, 5.41) is 3.32. The SMILES string of the molecule is Cc1c(N)cnc(NCC2(C)CCCO2)c1Br. The van der Waals surface area contributed by atoms with Gasteiger partial charge in [0, 0.05) is 13.2 Å². The van der Waals surface area contributed by atoms with Gasteiger partial charge in [-0.05, 0) is 48.2 Å². The van der Waals surface area contributed by atoms with Crippen LogP contribution in [0.25, 0.3) is 0 Å². The Morgan fingerprint density at radius 1 is 1.65 bits per heavy atom. The second kappa shape index (κ2) is 4.82. The Kier molecular flexibility index (Phi) is 3.58. The van der Waals surface area contributed by atoms with E-state index in [0.717, 1.165) is 41.8 Å². The average molecular weight is 300 g/mol. The zero-order valence-electron chi connectivity index (χ0n) is 10.2. The molecule has 0 amide bonds. The van der Waals surface area contributed by atoms with Crippen molar-refractivity contribution in [2.75, 3.05) is 24.2 Å². The molecule has 3 N–H and O–H groups in total. The van der Waals surface area contributed by atoms with Crippen molar-refractivity contribution >= 4 is 27.4 Å². The third kappa shape index (κ3) is 2.72. The number of nitrogens with zero attached hydrogens (tertiary/aromatic N) is 1. The van der Waals surface area contributed by atoms with Crippen molar-refractivity contribution in [1.29, 1.82) is 0 Å². The molecule has 1 saturated heterocycles. The Hall–Kier alpha value is -0.810. The van der Waals surface area contributed by atoms with E-state index < -0.39 is 0 Å². The van der Waals surface area contributed by atoms with Crippen molar-refractivity contribution < 1.29 is 4.74 Å². The van der Waals surface area contributed by atoms with Gasteiger partial charge in [0.1, 0.15) is 5.82 Å². The summed E-state index contributed by atoms with van der Waals surface area (Å²) < 4.78 is 6.66. The molecular weight excluding hydrogens is 282 g/mol. The number of anilines is 2. The lowest BCUT2D eigenvalue weighted by molar-refractivity contribution is 0.0314. The minimum Gasteiger partial charge on any atom is -0.397 e. The molecule has 5 heteroatoms. The smallest absolute Gasteiger partial charge is 0.140 e. The van der Waals surface area contributed by atoms with Crippen LogP contribution in [0.1, 0.15) is 25.3 Å². The molecule has 94 valence electrons. The lowest BCUT2D eigenvalue weighted by atomic mass is 10.0. The van der Waals surface area contributed by atoms with Crippen molar-refractivity contribution in [3.8, 4) is 0 Å². The van der Waals surface area contributed by atoms with Crippen LogP contribution in [0.4, 0.5) is 11.5 Å². The van der Waals surface area contributed by atoms with Crippen LogP contribution in [-0.4, -0.2) is 23.7 Å². The second-order valence-corrected chi connectivity index (χ2v) is 5.55. The quantitative estimate of drug-likeness (QED) is 0.901. The van der Waals surface area contributed by atoms with Crippen molar-refractivity contribution in [1.82, 2.24) is 4.98 Å². The van der Waals surface area contributed by atoms with E-state index in [1.54, 1.807) is 6.20 Å². The first-order chi connectivity index (χ1) is 8.02. The van der Waals surface area contributed by atoms with Crippen molar-refractivity contribution in [2.45, 2.75) is 32.3 Å². The molecule has 2 heterocycles. The molecule has 0 radical (unpaired) electrons. The molecule has 1 atom stereocenters. The van der Waals surface area contributed by atoms with Gasteiger partial charge in [0.15, 0.2) is 0 Å². The van der Waals surface area contributed by atoms with Crippen LogP contribution in [0.15, 0.2) is 10.7 Å².